The van der Waals surface area contributed by atoms with Crippen LogP contribution in [0.3, 0.4) is 0 Å². The lowest BCUT2D eigenvalue weighted by atomic mass is 9.89. The Morgan fingerprint density at radius 2 is 1.96 bits per heavy atom. The minimum absolute atomic E-state index is 0.0595. The van der Waals surface area contributed by atoms with Crippen molar-refractivity contribution in [2.24, 2.45) is 5.92 Å². The second-order valence-electron chi connectivity index (χ2n) is 5.94. The van der Waals surface area contributed by atoms with E-state index in [1.807, 2.05) is 35.7 Å². The Hall–Kier alpha value is -2.21. The van der Waals surface area contributed by atoms with Crippen molar-refractivity contribution < 1.29 is 4.79 Å². The lowest BCUT2D eigenvalue weighted by Gasteiger charge is -2.19. The highest BCUT2D eigenvalue weighted by Crippen LogP contribution is 2.27. The molecular weight excluding hydrogens is 308 g/mol. The van der Waals surface area contributed by atoms with Crippen molar-refractivity contribution in [3.8, 4) is 11.3 Å². The van der Waals surface area contributed by atoms with Crippen molar-refractivity contribution in [1.82, 2.24) is 14.6 Å². The van der Waals surface area contributed by atoms with Crippen LogP contribution in [0.4, 0.5) is 5.95 Å². The van der Waals surface area contributed by atoms with Gasteiger partial charge in [-0.15, -0.1) is 16.4 Å². The van der Waals surface area contributed by atoms with Crippen molar-refractivity contribution >= 4 is 28.2 Å². The van der Waals surface area contributed by atoms with Gasteiger partial charge < -0.3 is 0 Å². The summed E-state index contributed by atoms with van der Waals surface area (Å²) >= 11 is 1.53. The molecule has 0 unspecified atom stereocenters. The van der Waals surface area contributed by atoms with Crippen LogP contribution in [0.1, 0.15) is 32.1 Å². The van der Waals surface area contributed by atoms with Gasteiger partial charge in [0.25, 0.3) is 0 Å². The lowest BCUT2D eigenvalue weighted by molar-refractivity contribution is -0.120. The number of hydrogen-bond donors (Lipinski definition) is 1. The fourth-order valence-corrected chi connectivity index (χ4v) is 3.95. The predicted octanol–water partition coefficient (Wildman–Crippen LogP) is 3.98. The van der Waals surface area contributed by atoms with Gasteiger partial charge in [0.15, 0.2) is 0 Å². The number of rotatable bonds is 3. The number of benzene rings is 1. The van der Waals surface area contributed by atoms with Crippen molar-refractivity contribution in [1.29, 1.82) is 0 Å². The zero-order chi connectivity index (χ0) is 15.6. The summed E-state index contributed by atoms with van der Waals surface area (Å²) in [5.41, 5.74) is 2.09. The zero-order valence-corrected chi connectivity index (χ0v) is 13.6. The minimum atomic E-state index is 0.0595. The maximum Gasteiger partial charge on any atom is 0.250 e. The van der Waals surface area contributed by atoms with Gasteiger partial charge in [0.2, 0.25) is 16.8 Å². The zero-order valence-electron chi connectivity index (χ0n) is 12.7. The quantitative estimate of drug-likeness (QED) is 0.792. The molecule has 0 atom stereocenters. The summed E-state index contributed by atoms with van der Waals surface area (Å²) in [4.78, 5) is 17.6. The van der Waals surface area contributed by atoms with E-state index in [1.54, 1.807) is 4.52 Å². The first kappa shape index (κ1) is 14.4. The molecule has 118 valence electrons. The first-order valence-electron chi connectivity index (χ1n) is 8.02. The first-order valence-corrected chi connectivity index (χ1v) is 8.90. The molecule has 5 nitrogen and oxygen atoms in total. The molecule has 1 saturated carbocycles. The lowest BCUT2D eigenvalue weighted by Crippen LogP contribution is -2.25. The van der Waals surface area contributed by atoms with Crippen LogP contribution in [0, 0.1) is 5.92 Å². The summed E-state index contributed by atoms with van der Waals surface area (Å²) in [5, 5.41) is 9.40. The Kier molecular flexibility index (Phi) is 3.83. The molecule has 4 rings (SSSR count). The van der Waals surface area contributed by atoms with Gasteiger partial charge in [-0.05, 0) is 12.8 Å². The molecule has 2 aromatic heterocycles. The van der Waals surface area contributed by atoms with Crippen molar-refractivity contribution in [2.45, 2.75) is 32.1 Å². The third-order valence-electron chi connectivity index (χ3n) is 4.36. The summed E-state index contributed by atoms with van der Waals surface area (Å²) < 4.78 is 1.80. The van der Waals surface area contributed by atoms with Crippen molar-refractivity contribution in [3.05, 3.63) is 35.7 Å². The van der Waals surface area contributed by atoms with E-state index in [4.69, 9.17) is 0 Å². The van der Waals surface area contributed by atoms with Crippen LogP contribution in [0.25, 0.3) is 16.2 Å². The van der Waals surface area contributed by atoms with E-state index in [2.05, 4.69) is 15.4 Å². The summed E-state index contributed by atoms with van der Waals surface area (Å²) in [5.74, 6) is 0.577. The van der Waals surface area contributed by atoms with E-state index in [9.17, 15) is 4.79 Å². The Labute approximate surface area is 138 Å². The highest BCUT2D eigenvalue weighted by molar-refractivity contribution is 7.15. The summed E-state index contributed by atoms with van der Waals surface area (Å²) in [7, 11) is 0. The molecule has 6 heteroatoms. The number of hydrogen-bond acceptors (Lipinski definition) is 4. The van der Waals surface area contributed by atoms with E-state index >= 15 is 0 Å². The molecule has 3 aromatic rings. The third kappa shape index (κ3) is 2.86. The number of aromatic nitrogens is 3. The van der Waals surface area contributed by atoms with Crippen molar-refractivity contribution in [2.75, 3.05) is 5.32 Å². The van der Waals surface area contributed by atoms with Gasteiger partial charge in [0, 0.05) is 16.9 Å². The fraction of sp³-hybridized carbons (Fsp3) is 0.353. The van der Waals surface area contributed by atoms with Crippen LogP contribution in [0.2, 0.25) is 0 Å². The monoisotopic (exact) mass is 326 g/mol. The van der Waals surface area contributed by atoms with Gasteiger partial charge in [-0.1, -0.05) is 49.6 Å². The van der Waals surface area contributed by atoms with E-state index in [1.165, 1.54) is 17.8 Å². The molecule has 1 fully saturated rings. The minimum Gasteiger partial charge on any atom is -0.293 e. The molecule has 0 bridgehead atoms. The van der Waals surface area contributed by atoms with Crippen molar-refractivity contribution in [3.63, 3.8) is 0 Å². The van der Waals surface area contributed by atoms with Gasteiger partial charge >= 0.3 is 0 Å². The van der Waals surface area contributed by atoms with E-state index in [0.29, 0.717) is 5.95 Å². The molecule has 1 amide bonds. The molecule has 2 heterocycles. The molecule has 0 radical (unpaired) electrons. The van der Waals surface area contributed by atoms with Crippen LogP contribution in [-0.2, 0) is 4.79 Å². The topological polar surface area (TPSA) is 59.3 Å². The molecule has 0 aliphatic heterocycles. The Morgan fingerprint density at radius 3 is 2.74 bits per heavy atom. The summed E-state index contributed by atoms with van der Waals surface area (Å²) in [6.07, 6.45) is 5.47. The number of nitrogens with zero attached hydrogens (tertiary/aromatic N) is 3. The maximum atomic E-state index is 12.3. The van der Waals surface area contributed by atoms with E-state index in [0.717, 1.165) is 41.9 Å². The molecule has 1 aliphatic rings. The number of carbonyl (C=O) groups excluding carboxylic acids is 1. The summed E-state index contributed by atoms with van der Waals surface area (Å²) in [6.45, 7) is 0. The first-order chi connectivity index (χ1) is 11.3. The normalized spacial score (nSPS) is 15.8. The SMILES string of the molecule is O=C(Nc1nc2scc(-c3ccccc3)n2n1)C1CCCCC1. The second kappa shape index (κ2) is 6.12. The highest BCUT2D eigenvalue weighted by Gasteiger charge is 2.22. The highest BCUT2D eigenvalue weighted by atomic mass is 32.1. The number of anilines is 1. The van der Waals surface area contributed by atoms with Crippen LogP contribution in [0.15, 0.2) is 35.7 Å². The van der Waals surface area contributed by atoms with Gasteiger partial charge in [-0.2, -0.15) is 4.98 Å². The molecule has 23 heavy (non-hydrogen) atoms. The number of carbonyl (C=O) groups is 1. The molecule has 0 spiro atoms. The third-order valence-corrected chi connectivity index (χ3v) is 5.18. The molecule has 1 aromatic carbocycles. The average Bonchev–Trinajstić information content (AvgIpc) is 3.16. The van der Waals surface area contributed by atoms with Crippen LogP contribution in [-0.4, -0.2) is 20.5 Å². The second-order valence-corrected chi connectivity index (χ2v) is 6.78. The van der Waals surface area contributed by atoms with E-state index in [-0.39, 0.29) is 11.8 Å². The predicted molar refractivity (Wildman–Crippen MR) is 91.5 cm³/mol. The number of fused-ring (bicyclic) bond motifs is 1. The molecule has 1 N–H and O–H groups in total. The van der Waals surface area contributed by atoms with Gasteiger partial charge in [0.05, 0.1) is 5.69 Å². The average molecular weight is 326 g/mol. The summed E-state index contributed by atoms with van der Waals surface area (Å²) in [6, 6.07) is 10.1. The van der Waals surface area contributed by atoms with Gasteiger partial charge in [0.1, 0.15) is 0 Å². The Bertz CT molecular complexity index is 818. The number of amides is 1. The van der Waals surface area contributed by atoms with Crippen LogP contribution in [0.5, 0.6) is 0 Å². The van der Waals surface area contributed by atoms with Crippen LogP contribution >= 0.6 is 11.3 Å². The molecule has 1 aliphatic carbocycles. The maximum absolute atomic E-state index is 12.3. The van der Waals surface area contributed by atoms with Gasteiger partial charge in [-0.25, -0.2) is 4.52 Å². The standard InChI is InChI=1S/C17H18N4OS/c22-15(13-9-5-2-6-10-13)18-16-19-17-21(20-16)14(11-23-17)12-7-3-1-4-8-12/h1,3-4,7-8,11,13H,2,5-6,9-10H2,(H,18,20,22). The fourth-order valence-electron chi connectivity index (χ4n) is 3.12. The number of thiazole rings is 1. The largest absolute Gasteiger partial charge is 0.293 e. The molecular formula is C17H18N4OS. The molecule has 0 saturated heterocycles. The Balaban J connectivity index is 1.57. The van der Waals surface area contributed by atoms with Crippen LogP contribution < -0.4 is 5.32 Å². The van der Waals surface area contributed by atoms with Gasteiger partial charge in [-0.3, -0.25) is 10.1 Å². The Morgan fingerprint density at radius 1 is 1.17 bits per heavy atom. The smallest absolute Gasteiger partial charge is 0.250 e. The number of nitrogens with one attached hydrogen (secondary N) is 1. The van der Waals surface area contributed by atoms with E-state index < -0.39 is 0 Å².